The van der Waals surface area contributed by atoms with Crippen LogP contribution >= 0.6 is 0 Å². The number of nitrogens with two attached hydrogens (primary N) is 1. The van der Waals surface area contributed by atoms with Crippen LogP contribution in [0.2, 0.25) is 0 Å². The molecule has 0 aliphatic rings. The lowest BCUT2D eigenvalue weighted by Crippen LogP contribution is -2.28. The SMILES string of the molecule is Cc1cc(C)c(CNCCC(C)(C)CN)c(C)c1. The van der Waals surface area contributed by atoms with Crippen LogP contribution in [-0.4, -0.2) is 13.1 Å². The Kier molecular flexibility index (Phi) is 5.36. The minimum Gasteiger partial charge on any atom is -0.330 e. The van der Waals surface area contributed by atoms with Crippen LogP contribution in [0.4, 0.5) is 0 Å². The molecule has 0 aliphatic heterocycles. The lowest BCUT2D eigenvalue weighted by atomic mass is 9.89. The summed E-state index contributed by atoms with van der Waals surface area (Å²) in [7, 11) is 0. The van der Waals surface area contributed by atoms with E-state index < -0.39 is 0 Å². The van der Waals surface area contributed by atoms with Crippen LogP contribution in [0.3, 0.4) is 0 Å². The van der Waals surface area contributed by atoms with Crippen molar-refractivity contribution in [3.63, 3.8) is 0 Å². The van der Waals surface area contributed by atoms with E-state index in [9.17, 15) is 0 Å². The minimum absolute atomic E-state index is 0.240. The molecular weight excluding hydrogens is 220 g/mol. The van der Waals surface area contributed by atoms with E-state index in [1.807, 2.05) is 0 Å². The molecule has 0 aliphatic carbocycles. The summed E-state index contributed by atoms with van der Waals surface area (Å²) in [5.41, 5.74) is 11.5. The second-order valence-electron chi connectivity index (χ2n) is 6.17. The Labute approximate surface area is 112 Å². The molecule has 18 heavy (non-hydrogen) atoms. The van der Waals surface area contributed by atoms with Gasteiger partial charge < -0.3 is 11.1 Å². The molecule has 0 saturated carbocycles. The van der Waals surface area contributed by atoms with Gasteiger partial charge in [-0.1, -0.05) is 31.5 Å². The predicted octanol–water partition coefficient (Wildman–Crippen LogP) is 3.08. The maximum atomic E-state index is 5.74. The summed E-state index contributed by atoms with van der Waals surface area (Å²) in [6, 6.07) is 4.52. The molecule has 1 aromatic rings. The number of hydrogen-bond donors (Lipinski definition) is 2. The fourth-order valence-corrected chi connectivity index (χ4v) is 2.23. The maximum Gasteiger partial charge on any atom is 0.0210 e. The van der Waals surface area contributed by atoms with Crippen molar-refractivity contribution in [3.05, 3.63) is 34.4 Å². The summed E-state index contributed by atoms with van der Waals surface area (Å²) in [6.45, 7) is 13.7. The molecule has 0 unspecified atom stereocenters. The van der Waals surface area contributed by atoms with Crippen molar-refractivity contribution >= 4 is 0 Å². The van der Waals surface area contributed by atoms with Crippen LogP contribution in [0.1, 0.15) is 42.5 Å². The van der Waals surface area contributed by atoms with Crippen molar-refractivity contribution in [2.24, 2.45) is 11.1 Å². The largest absolute Gasteiger partial charge is 0.330 e. The first-order valence-corrected chi connectivity index (χ1v) is 6.83. The topological polar surface area (TPSA) is 38.0 Å². The Morgan fingerprint density at radius 3 is 2.17 bits per heavy atom. The number of aryl methyl sites for hydroxylation is 3. The Balaban J connectivity index is 2.50. The van der Waals surface area contributed by atoms with E-state index in [0.717, 1.165) is 26.1 Å². The van der Waals surface area contributed by atoms with E-state index in [4.69, 9.17) is 5.73 Å². The van der Waals surface area contributed by atoms with E-state index in [0.29, 0.717) is 0 Å². The molecule has 0 amide bonds. The van der Waals surface area contributed by atoms with Crippen LogP contribution in [0, 0.1) is 26.2 Å². The van der Waals surface area contributed by atoms with Gasteiger partial charge in [0.1, 0.15) is 0 Å². The van der Waals surface area contributed by atoms with Gasteiger partial charge in [0, 0.05) is 6.54 Å². The van der Waals surface area contributed by atoms with Gasteiger partial charge >= 0.3 is 0 Å². The summed E-state index contributed by atoms with van der Waals surface area (Å²) < 4.78 is 0. The average molecular weight is 248 g/mol. The Bertz CT molecular complexity index is 371. The molecule has 0 radical (unpaired) electrons. The van der Waals surface area contributed by atoms with Gasteiger partial charge in [-0.05, 0) is 62.4 Å². The highest BCUT2D eigenvalue weighted by Crippen LogP contribution is 2.18. The summed E-state index contributed by atoms with van der Waals surface area (Å²) in [5, 5.41) is 3.54. The third-order valence-electron chi connectivity index (χ3n) is 3.67. The standard InChI is InChI=1S/C16H28N2/c1-12-8-13(2)15(14(3)9-12)10-18-7-6-16(4,5)11-17/h8-9,18H,6-7,10-11,17H2,1-5H3. The zero-order valence-corrected chi connectivity index (χ0v) is 12.6. The van der Waals surface area contributed by atoms with E-state index in [1.54, 1.807) is 0 Å². The first-order chi connectivity index (χ1) is 8.35. The van der Waals surface area contributed by atoms with Crippen LogP contribution in [-0.2, 0) is 6.54 Å². The molecule has 2 nitrogen and oxygen atoms in total. The highest BCUT2D eigenvalue weighted by molar-refractivity contribution is 5.37. The summed E-state index contributed by atoms with van der Waals surface area (Å²) >= 11 is 0. The number of nitrogens with one attached hydrogen (secondary N) is 1. The lowest BCUT2D eigenvalue weighted by Gasteiger charge is -2.22. The second kappa shape index (κ2) is 6.35. The van der Waals surface area contributed by atoms with Crippen molar-refractivity contribution in [2.45, 2.75) is 47.6 Å². The van der Waals surface area contributed by atoms with Crippen molar-refractivity contribution in [2.75, 3.05) is 13.1 Å². The van der Waals surface area contributed by atoms with E-state index in [1.165, 1.54) is 22.3 Å². The van der Waals surface area contributed by atoms with Gasteiger partial charge in [0.15, 0.2) is 0 Å². The predicted molar refractivity (Wildman–Crippen MR) is 79.8 cm³/mol. The average Bonchev–Trinajstić information content (AvgIpc) is 2.26. The fraction of sp³-hybridized carbons (Fsp3) is 0.625. The normalized spacial score (nSPS) is 11.9. The zero-order valence-electron chi connectivity index (χ0n) is 12.6. The van der Waals surface area contributed by atoms with Gasteiger partial charge in [-0.25, -0.2) is 0 Å². The third kappa shape index (κ3) is 4.43. The summed E-state index contributed by atoms with van der Waals surface area (Å²) in [6.07, 6.45) is 1.12. The zero-order chi connectivity index (χ0) is 13.8. The van der Waals surface area contributed by atoms with Crippen LogP contribution < -0.4 is 11.1 Å². The number of benzene rings is 1. The second-order valence-corrected chi connectivity index (χ2v) is 6.17. The molecule has 0 bridgehead atoms. The first kappa shape index (κ1) is 15.2. The van der Waals surface area contributed by atoms with Gasteiger partial charge in [0.05, 0.1) is 0 Å². The third-order valence-corrected chi connectivity index (χ3v) is 3.67. The molecule has 0 atom stereocenters. The number of rotatable bonds is 6. The number of hydrogen-bond acceptors (Lipinski definition) is 2. The van der Waals surface area contributed by atoms with Gasteiger partial charge in [-0.2, -0.15) is 0 Å². The van der Waals surface area contributed by atoms with Crippen molar-refractivity contribution in [3.8, 4) is 0 Å². The van der Waals surface area contributed by atoms with Crippen LogP contribution in [0.25, 0.3) is 0 Å². The van der Waals surface area contributed by atoms with Crippen molar-refractivity contribution in [1.82, 2.24) is 5.32 Å². The smallest absolute Gasteiger partial charge is 0.0210 e. The molecular formula is C16H28N2. The lowest BCUT2D eigenvalue weighted by molar-refractivity contribution is 0.339. The molecule has 0 spiro atoms. The molecule has 0 heterocycles. The van der Waals surface area contributed by atoms with E-state index in [-0.39, 0.29) is 5.41 Å². The quantitative estimate of drug-likeness (QED) is 0.759. The van der Waals surface area contributed by atoms with Crippen LogP contribution in [0.15, 0.2) is 12.1 Å². The molecule has 2 heteroatoms. The van der Waals surface area contributed by atoms with Crippen molar-refractivity contribution in [1.29, 1.82) is 0 Å². The van der Waals surface area contributed by atoms with Gasteiger partial charge in [-0.15, -0.1) is 0 Å². The summed E-state index contributed by atoms with van der Waals surface area (Å²) in [4.78, 5) is 0. The monoisotopic (exact) mass is 248 g/mol. The van der Waals surface area contributed by atoms with E-state index >= 15 is 0 Å². The van der Waals surface area contributed by atoms with Crippen LogP contribution in [0.5, 0.6) is 0 Å². The first-order valence-electron chi connectivity index (χ1n) is 6.83. The molecule has 102 valence electrons. The Morgan fingerprint density at radius 2 is 1.67 bits per heavy atom. The molecule has 0 saturated heterocycles. The van der Waals surface area contributed by atoms with Gasteiger partial charge in [0.25, 0.3) is 0 Å². The molecule has 0 fully saturated rings. The highest BCUT2D eigenvalue weighted by Gasteiger charge is 2.14. The fourth-order valence-electron chi connectivity index (χ4n) is 2.23. The minimum atomic E-state index is 0.240. The summed E-state index contributed by atoms with van der Waals surface area (Å²) in [5.74, 6) is 0. The molecule has 1 rings (SSSR count). The molecule has 0 aromatic heterocycles. The van der Waals surface area contributed by atoms with Crippen molar-refractivity contribution < 1.29 is 0 Å². The molecule has 3 N–H and O–H groups in total. The Morgan fingerprint density at radius 1 is 1.11 bits per heavy atom. The Hall–Kier alpha value is -0.860. The molecule has 1 aromatic carbocycles. The van der Waals surface area contributed by atoms with E-state index in [2.05, 4.69) is 52.1 Å². The maximum absolute atomic E-state index is 5.74. The van der Waals surface area contributed by atoms with Gasteiger partial charge in [0.2, 0.25) is 0 Å². The van der Waals surface area contributed by atoms with Gasteiger partial charge in [-0.3, -0.25) is 0 Å². The highest BCUT2D eigenvalue weighted by atomic mass is 14.8.